The average Bonchev–Trinajstić information content (AvgIpc) is 2.28. The first-order valence-corrected chi connectivity index (χ1v) is 5.25. The van der Waals surface area contributed by atoms with Gasteiger partial charge in [-0.05, 0) is 26.7 Å². The zero-order valence-electron chi connectivity index (χ0n) is 8.88. The van der Waals surface area contributed by atoms with Crippen LogP contribution in [0.3, 0.4) is 0 Å². The molecular weight excluding hydrogens is 176 g/mol. The van der Waals surface area contributed by atoms with Gasteiger partial charge >= 0.3 is 0 Å². The van der Waals surface area contributed by atoms with E-state index in [9.17, 15) is 0 Å². The Morgan fingerprint density at radius 1 is 1.50 bits per heavy atom. The van der Waals surface area contributed by atoms with Crippen molar-refractivity contribution in [2.24, 2.45) is 5.73 Å². The van der Waals surface area contributed by atoms with Crippen molar-refractivity contribution in [3.8, 4) is 0 Å². The zero-order valence-corrected chi connectivity index (χ0v) is 8.88. The highest BCUT2D eigenvalue weighted by molar-refractivity contribution is 5.03. The smallest absolute Gasteiger partial charge is 0.153 e. The van der Waals surface area contributed by atoms with Crippen LogP contribution >= 0.6 is 0 Å². The van der Waals surface area contributed by atoms with E-state index in [0.29, 0.717) is 5.92 Å². The van der Waals surface area contributed by atoms with Gasteiger partial charge in [0, 0.05) is 17.9 Å². The molecule has 3 N–H and O–H groups in total. The minimum atomic E-state index is -0.212. The highest BCUT2D eigenvalue weighted by atomic mass is 15.2. The number of nitrogens with one attached hydrogen (secondary N) is 1. The van der Waals surface area contributed by atoms with Gasteiger partial charge in [-0.25, -0.2) is 4.98 Å². The summed E-state index contributed by atoms with van der Waals surface area (Å²) in [6, 6.07) is 0. The Balaban J connectivity index is 2.02. The molecule has 0 aromatic carbocycles. The molecule has 1 fully saturated rings. The second-order valence-corrected chi connectivity index (χ2v) is 4.93. The Hall–Kier alpha value is -0.900. The Bertz CT molecular complexity index is 306. The van der Waals surface area contributed by atoms with Gasteiger partial charge in [0.15, 0.2) is 5.82 Å². The maximum atomic E-state index is 5.91. The third-order valence-electron chi connectivity index (χ3n) is 2.64. The van der Waals surface area contributed by atoms with E-state index < -0.39 is 0 Å². The summed E-state index contributed by atoms with van der Waals surface area (Å²) in [6.07, 6.45) is 4.55. The van der Waals surface area contributed by atoms with Crippen LogP contribution in [0, 0.1) is 0 Å². The van der Waals surface area contributed by atoms with E-state index in [1.54, 1.807) is 0 Å². The van der Waals surface area contributed by atoms with Crippen LogP contribution in [-0.2, 0) is 6.42 Å². The van der Waals surface area contributed by atoms with Crippen LogP contribution in [0.4, 0.5) is 0 Å². The van der Waals surface area contributed by atoms with E-state index in [4.69, 9.17) is 5.73 Å². The summed E-state index contributed by atoms with van der Waals surface area (Å²) in [5, 5.41) is 7.20. The molecule has 0 bridgehead atoms. The van der Waals surface area contributed by atoms with Crippen LogP contribution in [0.15, 0.2) is 0 Å². The highest BCUT2D eigenvalue weighted by Gasteiger charge is 2.24. The molecule has 14 heavy (non-hydrogen) atoms. The SMILES string of the molecule is CC(C)(N)Cc1nc(C2CCC2)n[nH]1. The van der Waals surface area contributed by atoms with Gasteiger partial charge in [-0.2, -0.15) is 5.10 Å². The summed E-state index contributed by atoms with van der Waals surface area (Å²) < 4.78 is 0. The summed E-state index contributed by atoms with van der Waals surface area (Å²) in [5.41, 5.74) is 5.70. The summed E-state index contributed by atoms with van der Waals surface area (Å²) in [7, 11) is 0. The first-order chi connectivity index (χ1) is 6.54. The van der Waals surface area contributed by atoms with E-state index in [1.807, 2.05) is 13.8 Å². The molecule has 4 nitrogen and oxygen atoms in total. The number of aromatic amines is 1. The van der Waals surface area contributed by atoms with Crippen LogP contribution in [0.25, 0.3) is 0 Å². The number of H-pyrrole nitrogens is 1. The number of hydrogen-bond donors (Lipinski definition) is 2. The predicted molar refractivity (Wildman–Crippen MR) is 54.9 cm³/mol. The van der Waals surface area contributed by atoms with E-state index >= 15 is 0 Å². The number of hydrogen-bond acceptors (Lipinski definition) is 3. The molecule has 1 aliphatic carbocycles. The van der Waals surface area contributed by atoms with Gasteiger partial charge in [0.2, 0.25) is 0 Å². The Morgan fingerprint density at radius 3 is 2.71 bits per heavy atom. The molecule has 0 atom stereocenters. The van der Waals surface area contributed by atoms with Crippen molar-refractivity contribution in [2.75, 3.05) is 0 Å². The number of nitrogens with zero attached hydrogens (tertiary/aromatic N) is 2. The van der Waals surface area contributed by atoms with Crippen molar-refractivity contribution in [2.45, 2.75) is 51.0 Å². The first kappa shape index (κ1) is 9.65. The molecule has 1 saturated carbocycles. The van der Waals surface area contributed by atoms with Crippen molar-refractivity contribution in [1.82, 2.24) is 15.2 Å². The van der Waals surface area contributed by atoms with Gasteiger partial charge in [-0.15, -0.1) is 0 Å². The summed E-state index contributed by atoms with van der Waals surface area (Å²) in [5.74, 6) is 2.50. The van der Waals surface area contributed by atoms with Crippen LogP contribution < -0.4 is 5.73 Å². The minimum absolute atomic E-state index is 0.212. The summed E-state index contributed by atoms with van der Waals surface area (Å²) in [6.45, 7) is 4.00. The average molecular weight is 194 g/mol. The molecule has 78 valence electrons. The monoisotopic (exact) mass is 194 g/mol. The highest BCUT2D eigenvalue weighted by Crippen LogP contribution is 2.34. The Kier molecular flexibility index (Phi) is 2.31. The maximum Gasteiger partial charge on any atom is 0.153 e. The van der Waals surface area contributed by atoms with Gasteiger partial charge in [0.05, 0.1) is 0 Å². The van der Waals surface area contributed by atoms with Gasteiger partial charge in [0.1, 0.15) is 5.82 Å². The molecule has 1 aromatic rings. The van der Waals surface area contributed by atoms with E-state index in [1.165, 1.54) is 19.3 Å². The molecular formula is C10H18N4. The third-order valence-corrected chi connectivity index (χ3v) is 2.64. The van der Waals surface area contributed by atoms with Gasteiger partial charge in [0.25, 0.3) is 0 Å². The lowest BCUT2D eigenvalue weighted by Gasteiger charge is -2.21. The quantitative estimate of drug-likeness (QED) is 0.763. The van der Waals surface area contributed by atoms with Crippen LogP contribution in [0.1, 0.15) is 50.7 Å². The topological polar surface area (TPSA) is 67.6 Å². The second-order valence-electron chi connectivity index (χ2n) is 4.93. The predicted octanol–water partition coefficient (Wildman–Crippen LogP) is 1.35. The van der Waals surface area contributed by atoms with Gasteiger partial charge in [-0.3, -0.25) is 5.10 Å². The molecule has 0 spiro atoms. The molecule has 0 unspecified atom stereocenters. The Labute approximate surface area is 84.3 Å². The zero-order chi connectivity index (χ0) is 10.2. The second kappa shape index (κ2) is 3.35. The number of aromatic nitrogens is 3. The number of nitrogens with two attached hydrogens (primary N) is 1. The first-order valence-electron chi connectivity index (χ1n) is 5.25. The van der Waals surface area contributed by atoms with E-state index in [0.717, 1.165) is 18.1 Å². The molecule has 0 amide bonds. The summed E-state index contributed by atoms with van der Waals surface area (Å²) >= 11 is 0. The molecule has 1 aliphatic rings. The third kappa shape index (κ3) is 2.12. The molecule has 1 heterocycles. The molecule has 1 aromatic heterocycles. The van der Waals surface area contributed by atoms with Crippen LogP contribution in [0.2, 0.25) is 0 Å². The normalized spacial score (nSPS) is 18.2. The largest absolute Gasteiger partial charge is 0.325 e. The maximum absolute atomic E-state index is 5.91. The molecule has 2 rings (SSSR count). The van der Waals surface area contributed by atoms with Crippen molar-refractivity contribution < 1.29 is 0 Å². The fraction of sp³-hybridized carbons (Fsp3) is 0.800. The van der Waals surface area contributed by atoms with Gasteiger partial charge < -0.3 is 5.73 Å². The number of rotatable bonds is 3. The fourth-order valence-electron chi connectivity index (χ4n) is 1.67. The van der Waals surface area contributed by atoms with E-state index in [2.05, 4.69) is 15.2 Å². The Morgan fingerprint density at radius 2 is 2.21 bits per heavy atom. The van der Waals surface area contributed by atoms with Crippen molar-refractivity contribution in [3.63, 3.8) is 0 Å². The van der Waals surface area contributed by atoms with E-state index in [-0.39, 0.29) is 5.54 Å². The van der Waals surface area contributed by atoms with Crippen LogP contribution in [0.5, 0.6) is 0 Å². The van der Waals surface area contributed by atoms with Gasteiger partial charge in [-0.1, -0.05) is 6.42 Å². The van der Waals surface area contributed by atoms with Crippen molar-refractivity contribution in [1.29, 1.82) is 0 Å². The lowest BCUT2D eigenvalue weighted by atomic mass is 9.85. The lowest BCUT2D eigenvalue weighted by molar-refractivity contribution is 0.402. The lowest BCUT2D eigenvalue weighted by Crippen LogP contribution is -2.34. The van der Waals surface area contributed by atoms with Crippen molar-refractivity contribution >= 4 is 0 Å². The molecule has 0 aliphatic heterocycles. The minimum Gasteiger partial charge on any atom is -0.325 e. The standard InChI is InChI=1S/C10H18N4/c1-10(2,11)6-8-12-9(14-13-8)7-4-3-5-7/h7H,3-6,11H2,1-2H3,(H,12,13,14). The molecule has 4 heteroatoms. The fourth-order valence-corrected chi connectivity index (χ4v) is 1.67. The van der Waals surface area contributed by atoms with Crippen molar-refractivity contribution in [3.05, 3.63) is 11.6 Å². The van der Waals surface area contributed by atoms with Crippen LogP contribution in [-0.4, -0.2) is 20.7 Å². The molecule has 0 saturated heterocycles. The summed E-state index contributed by atoms with van der Waals surface area (Å²) in [4.78, 5) is 4.47. The molecule has 0 radical (unpaired) electrons.